The molecule has 0 saturated heterocycles. The summed E-state index contributed by atoms with van der Waals surface area (Å²) in [4.78, 5) is 4.02. The lowest BCUT2D eigenvalue weighted by Gasteiger charge is -2.10. The van der Waals surface area contributed by atoms with Gasteiger partial charge in [0, 0.05) is 11.8 Å². The van der Waals surface area contributed by atoms with Crippen molar-refractivity contribution in [2.75, 3.05) is 11.1 Å². The van der Waals surface area contributed by atoms with Gasteiger partial charge in [-0.25, -0.2) is 9.37 Å². The number of benzene rings is 1. The molecular weight excluding hydrogens is 241 g/mol. The van der Waals surface area contributed by atoms with E-state index in [1.54, 1.807) is 25.1 Å². The minimum atomic E-state index is -0.342. The summed E-state index contributed by atoms with van der Waals surface area (Å²) in [5.41, 5.74) is 7.26. The summed E-state index contributed by atoms with van der Waals surface area (Å²) in [5, 5.41) is 3.14. The summed E-state index contributed by atoms with van der Waals surface area (Å²) in [7, 11) is 0. The Bertz CT molecular complexity index is 517. The van der Waals surface area contributed by atoms with Gasteiger partial charge in [0.05, 0.1) is 5.69 Å². The Labute approximate surface area is 103 Å². The van der Waals surface area contributed by atoms with Crippen LogP contribution in [-0.2, 0) is 0 Å². The summed E-state index contributed by atoms with van der Waals surface area (Å²) in [5.74, 6) is 0.0774. The Balaban J connectivity index is 2.38. The number of para-hydroxylation sites is 1. The van der Waals surface area contributed by atoms with Gasteiger partial charge in [0.15, 0.2) is 0 Å². The van der Waals surface area contributed by atoms with Crippen molar-refractivity contribution in [3.63, 3.8) is 0 Å². The molecule has 0 amide bonds. The lowest BCUT2D eigenvalue weighted by molar-refractivity contribution is 0.631. The van der Waals surface area contributed by atoms with Crippen molar-refractivity contribution in [3.05, 3.63) is 46.9 Å². The van der Waals surface area contributed by atoms with Crippen molar-refractivity contribution in [1.82, 2.24) is 4.98 Å². The lowest BCUT2D eigenvalue weighted by atomic mass is 10.2. The first kappa shape index (κ1) is 11.7. The monoisotopic (exact) mass is 251 g/mol. The molecule has 0 fully saturated rings. The fraction of sp³-hybridized carbons (Fsp3) is 0.0833. The number of halogens is 2. The van der Waals surface area contributed by atoms with Crippen LogP contribution < -0.4 is 11.1 Å². The molecule has 88 valence electrons. The van der Waals surface area contributed by atoms with E-state index >= 15 is 0 Å². The van der Waals surface area contributed by atoms with E-state index in [-0.39, 0.29) is 11.0 Å². The van der Waals surface area contributed by atoms with E-state index in [2.05, 4.69) is 10.3 Å². The predicted octanol–water partition coefficient (Wildman–Crippen LogP) is 3.51. The van der Waals surface area contributed by atoms with E-state index in [1.807, 2.05) is 0 Å². The number of anilines is 3. The van der Waals surface area contributed by atoms with Gasteiger partial charge in [-0.15, -0.1) is 0 Å². The smallest absolute Gasteiger partial charge is 0.146 e. The SMILES string of the molecule is Cc1cccc(F)c1Nc1cc(N)cc(Cl)n1. The molecule has 1 aromatic heterocycles. The zero-order valence-corrected chi connectivity index (χ0v) is 9.92. The van der Waals surface area contributed by atoms with Crippen molar-refractivity contribution in [1.29, 1.82) is 0 Å². The molecule has 0 saturated carbocycles. The van der Waals surface area contributed by atoms with E-state index in [0.29, 0.717) is 17.2 Å². The van der Waals surface area contributed by atoms with Crippen molar-refractivity contribution in [2.24, 2.45) is 0 Å². The average molecular weight is 252 g/mol. The van der Waals surface area contributed by atoms with E-state index < -0.39 is 0 Å². The number of nitrogens with one attached hydrogen (secondary N) is 1. The fourth-order valence-corrected chi connectivity index (χ4v) is 1.72. The highest BCUT2D eigenvalue weighted by Gasteiger charge is 2.07. The molecule has 1 heterocycles. The predicted molar refractivity (Wildman–Crippen MR) is 68.1 cm³/mol. The second-order valence-corrected chi connectivity index (χ2v) is 4.05. The minimum Gasteiger partial charge on any atom is -0.399 e. The number of nitrogens with zero attached hydrogens (tertiary/aromatic N) is 1. The van der Waals surface area contributed by atoms with Crippen molar-refractivity contribution >= 4 is 28.8 Å². The van der Waals surface area contributed by atoms with E-state index in [9.17, 15) is 4.39 Å². The second-order valence-electron chi connectivity index (χ2n) is 3.67. The lowest BCUT2D eigenvalue weighted by Crippen LogP contribution is -2.00. The van der Waals surface area contributed by atoms with Crippen molar-refractivity contribution in [3.8, 4) is 0 Å². The Morgan fingerprint density at radius 2 is 2.12 bits per heavy atom. The molecule has 3 nitrogen and oxygen atoms in total. The Morgan fingerprint density at radius 3 is 2.76 bits per heavy atom. The van der Waals surface area contributed by atoms with Crippen molar-refractivity contribution < 1.29 is 4.39 Å². The maximum absolute atomic E-state index is 13.6. The van der Waals surface area contributed by atoms with E-state index in [4.69, 9.17) is 17.3 Å². The first-order valence-corrected chi connectivity index (χ1v) is 5.39. The van der Waals surface area contributed by atoms with Crippen LogP contribution in [0.15, 0.2) is 30.3 Å². The van der Waals surface area contributed by atoms with Gasteiger partial charge < -0.3 is 11.1 Å². The van der Waals surface area contributed by atoms with Crippen LogP contribution in [0.5, 0.6) is 0 Å². The molecule has 0 atom stereocenters. The molecule has 5 heteroatoms. The van der Waals surface area contributed by atoms with E-state index in [1.165, 1.54) is 12.1 Å². The molecule has 0 aliphatic carbocycles. The number of nitrogen functional groups attached to an aromatic ring is 1. The topological polar surface area (TPSA) is 50.9 Å². The zero-order chi connectivity index (χ0) is 12.4. The highest BCUT2D eigenvalue weighted by Crippen LogP contribution is 2.24. The van der Waals surface area contributed by atoms with Crippen molar-refractivity contribution in [2.45, 2.75) is 6.92 Å². The number of hydrogen-bond donors (Lipinski definition) is 2. The van der Waals surface area contributed by atoms with Gasteiger partial charge in [-0.2, -0.15) is 0 Å². The number of aryl methyl sites for hydroxylation is 1. The van der Waals surface area contributed by atoms with Gasteiger partial charge in [-0.1, -0.05) is 23.7 Å². The summed E-state index contributed by atoms with van der Waals surface area (Å²) >= 11 is 5.77. The second kappa shape index (κ2) is 4.59. The quantitative estimate of drug-likeness (QED) is 0.803. The number of pyridine rings is 1. The summed E-state index contributed by atoms with van der Waals surface area (Å²) in [6, 6.07) is 7.96. The third-order valence-corrected chi connectivity index (χ3v) is 2.49. The van der Waals surface area contributed by atoms with Crippen LogP contribution in [-0.4, -0.2) is 4.98 Å². The molecule has 3 N–H and O–H groups in total. The Kier molecular flexibility index (Phi) is 3.15. The first-order valence-electron chi connectivity index (χ1n) is 5.01. The van der Waals surface area contributed by atoms with Gasteiger partial charge in [0.1, 0.15) is 16.8 Å². The molecule has 0 unspecified atom stereocenters. The van der Waals surface area contributed by atoms with Gasteiger partial charge in [0.25, 0.3) is 0 Å². The summed E-state index contributed by atoms with van der Waals surface area (Å²) < 4.78 is 13.6. The summed E-state index contributed by atoms with van der Waals surface area (Å²) in [6.07, 6.45) is 0. The van der Waals surface area contributed by atoms with E-state index in [0.717, 1.165) is 5.56 Å². The highest BCUT2D eigenvalue weighted by atomic mass is 35.5. The van der Waals surface area contributed by atoms with Gasteiger partial charge in [-0.3, -0.25) is 0 Å². The minimum absolute atomic E-state index is 0.265. The molecule has 0 radical (unpaired) electrons. The van der Waals surface area contributed by atoms with Crippen LogP contribution >= 0.6 is 11.6 Å². The molecule has 1 aromatic carbocycles. The Morgan fingerprint density at radius 1 is 1.35 bits per heavy atom. The maximum Gasteiger partial charge on any atom is 0.146 e. The third kappa shape index (κ3) is 2.65. The Hall–Kier alpha value is -1.81. The van der Waals surface area contributed by atoms with Gasteiger partial charge in [-0.05, 0) is 24.6 Å². The molecule has 17 heavy (non-hydrogen) atoms. The first-order chi connectivity index (χ1) is 8.06. The standard InChI is InChI=1S/C12H11ClFN3/c1-7-3-2-4-9(14)12(7)17-11-6-8(15)5-10(13)16-11/h2-6H,1H3,(H3,15,16,17). The van der Waals surface area contributed by atoms with Crippen LogP contribution in [0, 0.1) is 12.7 Å². The molecule has 0 aliphatic heterocycles. The van der Waals surface area contributed by atoms with Crippen LogP contribution in [0.2, 0.25) is 5.15 Å². The van der Waals surface area contributed by atoms with Crippen LogP contribution in [0.25, 0.3) is 0 Å². The van der Waals surface area contributed by atoms with Crippen LogP contribution in [0.1, 0.15) is 5.56 Å². The largest absolute Gasteiger partial charge is 0.399 e. The average Bonchev–Trinajstić information content (AvgIpc) is 2.22. The molecule has 0 spiro atoms. The zero-order valence-electron chi connectivity index (χ0n) is 9.17. The molecule has 0 aliphatic rings. The highest BCUT2D eigenvalue weighted by molar-refractivity contribution is 6.29. The van der Waals surface area contributed by atoms with Crippen LogP contribution in [0.3, 0.4) is 0 Å². The number of nitrogens with two attached hydrogens (primary N) is 1. The van der Waals surface area contributed by atoms with Crippen LogP contribution in [0.4, 0.5) is 21.6 Å². The third-order valence-electron chi connectivity index (χ3n) is 2.29. The fourth-order valence-electron chi connectivity index (χ4n) is 1.50. The molecule has 0 bridgehead atoms. The molecule has 2 aromatic rings. The number of rotatable bonds is 2. The van der Waals surface area contributed by atoms with Gasteiger partial charge in [0.2, 0.25) is 0 Å². The maximum atomic E-state index is 13.6. The van der Waals surface area contributed by atoms with Gasteiger partial charge >= 0.3 is 0 Å². The molecular formula is C12H11ClFN3. The number of aromatic nitrogens is 1. The number of hydrogen-bond acceptors (Lipinski definition) is 3. The summed E-state index contributed by atoms with van der Waals surface area (Å²) in [6.45, 7) is 1.80. The molecule has 2 rings (SSSR count). The normalized spacial score (nSPS) is 10.3.